The van der Waals surface area contributed by atoms with Crippen molar-refractivity contribution >= 4 is 50.1 Å². The average molecular weight is 368 g/mol. The number of alkyl halides is 2. The van der Waals surface area contributed by atoms with E-state index in [1.807, 2.05) is 22.6 Å². The van der Waals surface area contributed by atoms with E-state index in [2.05, 4.69) is 20.9 Å². The molecule has 6 heteroatoms. The Hall–Kier alpha value is 0.510. The summed E-state index contributed by atoms with van der Waals surface area (Å²) in [6, 6.07) is 1.51. The Morgan fingerprint density at radius 2 is 2.17 bits per heavy atom. The third-order valence-electron chi connectivity index (χ3n) is 1.11. The molecule has 0 aliphatic rings. The summed E-state index contributed by atoms with van der Waals surface area (Å²) in [5, 5.41) is 0.254. The van der Waals surface area contributed by atoms with Gasteiger partial charge in [-0.3, -0.25) is 0 Å². The van der Waals surface area contributed by atoms with Crippen LogP contribution in [0.5, 0.6) is 0 Å². The largest absolute Gasteiger partial charge is 0.281 e. The first kappa shape index (κ1) is 10.6. The molecule has 0 fully saturated rings. The van der Waals surface area contributed by atoms with Crippen molar-refractivity contribution in [1.29, 1.82) is 0 Å². The van der Waals surface area contributed by atoms with Crippen LogP contribution in [0.4, 0.5) is 8.78 Å². The third-order valence-corrected chi connectivity index (χ3v) is 3.03. The Morgan fingerprint density at radius 1 is 1.58 bits per heavy atom. The van der Waals surface area contributed by atoms with Crippen molar-refractivity contribution < 1.29 is 8.78 Å². The van der Waals surface area contributed by atoms with Crippen molar-refractivity contribution in [2.45, 2.75) is 6.43 Å². The molecule has 1 heterocycles. The highest BCUT2D eigenvalue weighted by molar-refractivity contribution is 14.1. The smallest absolute Gasteiger partial charge is 0.240 e. The van der Waals surface area contributed by atoms with E-state index >= 15 is 0 Å². The maximum atomic E-state index is 12.2. The number of rotatable bonds is 1. The van der Waals surface area contributed by atoms with Crippen LogP contribution in [-0.4, -0.2) is 4.98 Å². The number of aromatic nitrogens is 1. The molecule has 1 nitrogen and oxygen atoms in total. The molecule has 0 saturated carbocycles. The van der Waals surface area contributed by atoms with Crippen molar-refractivity contribution in [2.75, 3.05) is 0 Å². The topological polar surface area (TPSA) is 12.9 Å². The van der Waals surface area contributed by atoms with E-state index in [0.717, 1.165) is 0 Å². The SMILES string of the molecule is FC(F)c1nc(I)cc(Cl)c1Br. The summed E-state index contributed by atoms with van der Waals surface area (Å²) in [5.74, 6) is 0. The maximum Gasteiger partial charge on any atom is 0.281 e. The van der Waals surface area contributed by atoms with Crippen LogP contribution in [0.25, 0.3) is 0 Å². The molecule has 1 aromatic heterocycles. The first-order valence-electron chi connectivity index (χ1n) is 2.82. The molecule has 0 saturated heterocycles. The molecule has 0 bridgehead atoms. The van der Waals surface area contributed by atoms with Gasteiger partial charge in [0, 0.05) is 0 Å². The molecule has 12 heavy (non-hydrogen) atoms. The number of hydrogen-bond donors (Lipinski definition) is 0. The van der Waals surface area contributed by atoms with Crippen molar-refractivity contribution in [1.82, 2.24) is 4.98 Å². The number of nitrogens with zero attached hydrogens (tertiary/aromatic N) is 1. The van der Waals surface area contributed by atoms with Crippen LogP contribution >= 0.6 is 50.1 Å². The molecule has 1 aromatic rings. The lowest BCUT2D eigenvalue weighted by molar-refractivity contribution is 0.145. The quantitative estimate of drug-likeness (QED) is 0.539. The lowest BCUT2D eigenvalue weighted by atomic mass is 10.4. The summed E-state index contributed by atoms with van der Waals surface area (Å²) < 4.78 is 25.1. The standard InChI is InChI=1S/C6H2BrClF2IN/c7-4-2(8)1-3(11)12-5(4)6(9)10/h1,6H. The fourth-order valence-electron chi connectivity index (χ4n) is 0.631. The van der Waals surface area contributed by atoms with Gasteiger partial charge in [0.25, 0.3) is 6.43 Å². The van der Waals surface area contributed by atoms with E-state index in [9.17, 15) is 8.78 Å². The lowest BCUT2D eigenvalue weighted by Gasteiger charge is -2.04. The van der Waals surface area contributed by atoms with Gasteiger partial charge in [-0.15, -0.1) is 0 Å². The molecular formula is C6H2BrClF2IN. The first-order valence-corrected chi connectivity index (χ1v) is 5.07. The Labute approximate surface area is 94.8 Å². The lowest BCUT2D eigenvalue weighted by Crippen LogP contribution is -1.94. The van der Waals surface area contributed by atoms with Crippen LogP contribution in [0.3, 0.4) is 0 Å². The average Bonchev–Trinajstić information content (AvgIpc) is 1.96. The van der Waals surface area contributed by atoms with Gasteiger partial charge in [0.15, 0.2) is 0 Å². The van der Waals surface area contributed by atoms with E-state index in [-0.39, 0.29) is 15.2 Å². The zero-order valence-electron chi connectivity index (χ0n) is 5.49. The van der Waals surface area contributed by atoms with E-state index in [0.29, 0.717) is 3.70 Å². The van der Waals surface area contributed by atoms with E-state index < -0.39 is 6.43 Å². The molecular weight excluding hydrogens is 366 g/mol. The Bertz CT molecular complexity index is 308. The summed E-state index contributed by atoms with van der Waals surface area (Å²) in [4.78, 5) is 3.64. The summed E-state index contributed by atoms with van der Waals surface area (Å²) in [7, 11) is 0. The molecule has 0 aromatic carbocycles. The second-order valence-electron chi connectivity index (χ2n) is 1.93. The van der Waals surface area contributed by atoms with Crippen molar-refractivity contribution in [3.05, 3.63) is 25.0 Å². The molecule has 0 aliphatic carbocycles. The van der Waals surface area contributed by atoms with Crippen LogP contribution in [0, 0.1) is 3.70 Å². The predicted molar refractivity (Wildman–Crippen MR) is 54.6 cm³/mol. The van der Waals surface area contributed by atoms with Gasteiger partial charge in [0.2, 0.25) is 0 Å². The predicted octanol–water partition coefficient (Wildman–Crippen LogP) is 4.04. The molecule has 1 rings (SSSR count). The van der Waals surface area contributed by atoms with Gasteiger partial charge in [-0.1, -0.05) is 11.6 Å². The van der Waals surface area contributed by atoms with Gasteiger partial charge in [0.1, 0.15) is 9.39 Å². The molecule has 0 atom stereocenters. The van der Waals surface area contributed by atoms with Crippen molar-refractivity contribution in [3.63, 3.8) is 0 Å². The molecule has 0 amide bonds. The Morgan fingerprint density at radius 3 is 2.67 bits per heavy atom. The monoisotopic (exact) mass is 367 g/mol. The zero-order valence-corrected chi connectivity index (χ0v) is 9.99. The van der Waals surface area contributed by atoms with Gasteiger partial charge in [-0.05, 0) is 44.6 Å². The van der Waals surface area contributed by atoms with E-state index in [4.69, 9.17) is 11.6 Å². The zero-order chi connectivity index (χ0) is 9.30. The minimum absolute atomic E-state index is 0.166. The minimum atomic E-state index is -2.61. The van der Waals surface area contributed by atoms with Crippen LogP contribution in [0.1, 0.15) is 12.1 Å². The van der Waals surface area contributed by atoms with Crippen molar-refractivity contribution in [2.24, 2.45) is 0 Å². The van der Waals surface area contributed by atoms with Gasteiger partial charge < -0.3 is 0 Å². The molecule has 0 N–H and O–H groups in total. The van der Waals surface area contributed by atoms with E-state index in [1.165, 1.54) is 6.07 Å². The van der Waals surface area contributed by atoms with Crippen LogP contribution in [0.2, 0.25) is 5.02 Å². The van der Waals surface area contributed by atoms with Gasteiger partial charge >= 0.3 is 0 Å². The number of halogens is 5. The highest BCUT2D eigenvalue weighted by atomic mass is 127. The highest BCUT2D eigenvalue weighted by Gasteiger charge is 2.16. The normalized spacial score (nSPS) is 10.8. The van der Waals surface area contributed by atoms with E-state index in [1.54, 1.807) is 0 Å². The van der Waals surface area contributed by atoms with Gasteiger partial charge in [0.05, 0.1) is 9.50 Å². The number of pyridine rings is 1. The Kier molecular flexibility index (Phi) is 3.66. The fraction of sp³-hybridized carbons (Fsp3) is 0.167. The fourth-order valence-corrected chi connectivity index (χ4v) is 1.96. The summed E-state index contributed by atoms with van der Waals surface area (Å²) in [5.41, 5.74) is -0.313. The van der Waals surface area contributed by atoms with Crippen molar-refractivity contribution in [3.8, 4) is 0 Å². The summed E-state index contributed by atoms with van der Waals surface area (Å²) in [6.45, 7) is 0. The maximum absolute atomic E-state index is 12.2. The van der Waals surface area contributed by atoms with Gasteiger partial charge in [-0.2, -0.15) is 0 Å². The molecule has 0 unspecified atom stereocenters. The first-order chi connectivity index (χ1) is 5.52. The number of hydrogen-bond acceptors (Lipinski definition) is 1. The molecule has 66 valence electrons. The Balaban J connectivity index is 3.28. The second-order valence-corrected chi connectivity index (χ2v) is 4.23. The van der Waals surface area contributed by atoms with Gasteiger partial charge in [-0.25, -0.2) is 13.8 Å². The van der Waals surface area contributed by atoms with Crippen LogP contribution in [0.15, 0.2) is 10.5 Å². The third kappa shape index (κ3) is 2.26. The van der Waals surface area contributed by atoms with Crippen LogP contribution in [-0.2, 0) is 0 Å². The summed E-state index contributed by atoms with van der Waals surface area (Å²) in [6.07, 6.45) is -2.61. The summed E-state index contributed by atoms with van der Waals surface area (Å²) >= 11 is 10.4. The minimum Gasteiger partial charge on any atom is -0.240 e. The highest BCUT2D eigenvalue weighted by Crippen LogP contribution is 2.32. The molecule has 0 radical (unpaired) electrons. The molecule has 0 aliphatic heterocycles. The molecule has 0 spiro atoms. The second kappa shape index (κ2) is 4.15. The van der Waals surface area contributed by atoms with Crippen LogP contribution < -0.4 is 0 Å².